The molecule has 0 fully saturated rings. The number of aryl methyl sites for hydroxylation is 1. The van der Waals surface area contributed by atoms with E-state index in [4.69, 9.17) is 14.7 Å². The molecule has 3 rings (SSSR count). The van der Waals surface area contributed by atoms with Gasteiger partial charge in [0.05, 0.1) is 31.2 Å². The average molecular weight is 401 g/mol. The molecule has 0 amide bonds. The first-order valence-corrected chi connectivity index (χ1v) is 10.7. The Hall–Kier alpha value is -2.56. The molecular formula is C21H24N2O4S. The molecule has 2 aromatic carbocycles. The molecule has 0 saturated carbocycles. The van der Waals surface area contributed by atoms with Crippen LogP contribution in [0.15, 0.2) is 47.4 Å². The van der Waals surface area contributed by atoms with Crippen molar-refractivity contribution in [3.63, 3.8) is 0 Å². The number of rotatable bonds is 7. The van der Waals surface area contributed by atoms with E-state index in [1.54, 1.807) is 6.07 Å². The van der Waals surface area contributed by atoms with Gasteiger partial charge in [-0.25, -0.2) is 8.42 Å². The second kappa shape index (κ2) is 8.63. The monoisotopic (exact) mass is 400 g/mol. The number of benzene rings is 2. The molecule has 0 spiro atoms. The fraction of sp³-hybridized carbons (Fsp3) is 0.381. The largest absolute Gasteiger partial charge is 0.493 e. The molecular weight excluding hydrogens is 376 g/mol. The van der Waals surface area contributed by atoms with E-state index in [-0.39, 0.29) is 23.9 Å². The molecule has 7 heteroatoms. The van der Waals surface area contributed by atoms with Gasteiger partial charge in [-0.15, -0.1) is 0 Å². The second-order valence-corrected chi connectivity index (χ2v) is 8.54. The Labute approximate surface area is 166 Å². The van der Waals surface area contributed by atoms with Crippen LogP contribution in [-0.2, 0) is 16.4 Å². The lowest BCUT2D eigenvalue weighted by Crippen LogP contribution is -2.37. The predicted octanol–water partition coefficient (Wildman–Crippen LogP) is 3.69. The Bertz CT molecular complexity index is 982. The van der Waals surface area contributed by atoms with Crippen molar-refractivity contribution in [2.75, 3.05) is 20.8 Å². The Kier molecular flexibility index (Phi) is 6.22. The summed E-state index contributed by atoms with van der Waals surface area (Å²) in [5.74, 6) is 0.820. The SMILES string of the molecule is COc1ccc(S(=O)(=O)N(CCC#N)[C@@H]2CCCc3ccccc32)cc1OC. The standard InChI is InChI=1S/C21H24N2O4S/c1-26-20-12-11-17(15-21(20)27-2)28(24,25)23(14-6-13-22)19-10-5-8-16-7-3-4-9-18(16)19/h3-4,7,9,11-12,15,19H,5-6,8,10,14H2,1-2H3/t19-/m1/s1. The van der Waals surface area contributed by atoms with Crippen molar-refractivity contribution in [3.05, 3.63) is 53.6 Å². The van der Waals surface area contributed by atoms with Crippen molar-refractivity contribution < 1.29 is 17.9 Å². The number of sulfonamides is 1. The third-order valence-corrected chi connectivity index (χ3v) is 7.00. The van der Waals surface area contributed by atoms with Crippen LogP contribution in [0.2, 0.25) is 0 Å². The van der Waals surface area contributed by atoms with Crippen molar-refractivity contribution in [1.29, 1.82) is 5.26 Å². The minimum absolute atomic E-state index is 0.130. The van der Waals surface area contributed by atoms with E-state index in [1.165, 1.54) is 36.2 Å². The molecule has 0 aliphatic heterocycles. The first-order valence-electron chi connectivity index (χ1n) is 9.21. The van der Waals surface area contributed by atoms with Crippen molar-refractivity contribution in [2.24, 2.45) is 0 Å². The van der Waals surface area contributed by atoms with E-state index in [9.17, 15) is 8.42 Å². The maximum absolute atomic E-state index is 13.5. The summed E-state index contributed by atoms with van der Waals surface area (Å²) in [5, 5.41) is 9.09. The van der Waals surface area contributed by atoms with Gasteiger partial charge in [-0.1, -0.05) is 24.3 Å². The van der Waals surface area contributed by atoms with Crippen LogP contribution in [0.4, 0.5) is 0 Å². The van der Waals surface area contributed by atoms with Gasteiger partial charge < -0.3 is 9.47 Å². The highest BCUT2D eigenvalue weighted by Crippen LogP contribution is 2.38. The van der Waals surface area contributed by atoms with Gasteiger partial charge in [-0.05, 0) is 42.5 Å². The van der Waals surface area contributed by atoms with Crippen LogP contribution in [0, 0.1) is 11.3 Å². The number of hydrogen-bond donors (Lipinski definition) is 0. The number of fused-ring (bicyclic) bond motifs is 1. The summed E-state index contributed by atoms with van der Waals surface area (Å²) in [6, 6.07) is 14.3. The molecule has 148 valence electrons. The van der Waals surface area contributed by atoms with E-state index < -0.39 is 10.0 Å². The Morgan fingerprint density at radius 3 is 2.61 bits per heavy atom. The first-order chi connectivity index (χ1) is 13.5. The molecule has 2 aromatic rings. The lowest BCUT2D eigenvalue weighted by atomic mass is 9.88. The normalized spacial score (nSPS) is 16.3. The van der Waals surface area contributed by atoms with Crippen LogP contribution in [0.25, 0.3) is 0 Å². The lowest BCUT2D eigenvalue weighted by Gasteiger charge is -2.34. The van der Waals surface area contributed by atoms with E-state index in [2.05, 4.69) is 6.07 Å². The molecule has 1 atom stereocenters. The summed E-state index contributed by atoms with van der Waals surface area (Å²) < 4.78 is 39.0. The lowest BCUT2D eigenvalue weighted by molar-refractivity contribution is 0.298. The van der Waals surface area contributed by atoms with Crippen LogP contribution in [0.1, 0.15) is 36.4 Å². The molecule has 1 aliphatic rings. The van der Waals surface area contributed by atoms with Crippen LogP contribution < -0.4 is 9.47 Å². The molecule has 1 aliphatic carbocycles. The number of nitrogens with zero attached hydrogens (tertiary/aromatic N) is 2. The number of hydrogen-bond acceptors (Lipinski definition) is 5. The van der Waals surface area contributed by atoms with Gasteiger partial charge in [-0.3, -0.25) is 0 Å². The van der Waals surface area contributed by atoms with Gasteiger partial charge >= 0.3 is 0 Å². The zero-order valence-corrected chi connectivity index (χ0v) is 16.9. The van der Waals surface area contributed by atoms with Gasteiger partial charge in [0.15, 0.2) is 11.5 Å². The maximum Gasteiger partial charge on any atom is 0.243 e. The molecule has 0 heterocycles. The highest BCUT2D eigenvalue weighted by molar-refractivity contribution is 7.89. The highest BCUT2D eigenvalue weighted by Gasteiger charge is 2.35. The van der Waals surface area contributed by atoms with Crippen molar-refractivity contribution in [3.8, 4) is 17.6 Å². The van der Waals surface area contributed by atoms with Crippen molar-refractivity contribution >= 4 is 10.0 Å². The summed E-state index contributed by atoms with van der Waals surface area (Å²) in [6.07, 6.45) is 2.71. The van der Waals surface area contributed by atoms with E-state index in [0.29, 0.717) is 11.5 Å². The Balaban J connectivity index is 2.06. The van der Waals surface area contributed by atoms with Crippen molar-refractivity contribution in [1.82, 2.24) is 4.31 Å². The molecule has 6 nitrogen and oxygen atoms in total. The summed E-state index contributed by atoms with van der Waals surface area (Å²) in [5.41, 5.74) is 2.19. The number of methoxy groups -OCH3 is 2. The number of ether oxygens (including phenoxy) is 2. The fourth-order valence-electron chi connectivity index (χ4n) is 3.74. The second-order valence-electron chi connectivity index (χ2n) is 6.65. The third-order valence-electron chi connectivity index (χ3n) is 5.09. The summed E-state index contributed by atoms with van der Waals surface area (Å²) >= 11 is 0. The third kappa shape index (κ3) is 3.84. The van der Waals surface area contributed by atoms with E-state index >= 15 is 0 Å². The zero-order chi connectivity index (χ0) is 20.1. The smallest absolute Gasteiger partial charge is 0.243 e. The minimum Gasteiger partial charge on any atom is -0.493 e. The van der Waals surface area contributed by atoms with Gasteiger partial charge in [0.25, 0.3) is 0 Å². The molecule has 0 unspecified atom stereocenters. The zero-order valence-electron chi connectivity index (χ0n) is 16.1. The van der Waals surface area contributed by atoms with E-state index in [1.807, 2.05) is 24.3 Å². The predicted molar refractivity (Wildman–Crippen MR) is 106 cm³/mol. The van der Waals surface area contributed by atoms with Crippen LogP contribution in [-0.4, -0.2) is 33.5 Å². The van der Waals surface area contributed by atoms with Crippen LogP contribution >= 0.6 is 0 Å². The van der Waals surface area contributed by atoms with Gasteiger partial charge in [-0.2, -0.15) is 9.57 Å². The highest BCUT2D eigenvalue weighted by atomic mass is 32.2. The minimum atomic E-state index is -3.83. The summed E-state index contributed by atoms with van der Waals surface area (Å²) in [4.78, 5) is 0.131. The average Bonchev–Trinajstić information content (AvgIpc) is 2.73. The first kappa shape index (κ1) is 20.2. The Morgan fingerprint density at radius 1 is 1.14 bits per heavy atom. The molecule has 0 radical (unpaired) electrons. The maximum atomic E-state index is 13.5. The summed E-state index contributed by atoms with van der Waals surface area (Å²) in [6.45, 7) is 0.145. The van der Waals surface area contributed by atoms with E-state index in [0.717, 1.165) is 24.8 Å². The molecule has 0 N–H and O–H groups in total. The summed E-state index contributed by atoms with van der Waals surface area (Å²) in [7, 11) is -0.851. The molecule has 28 heavy (non-hydrogen) atoms. The van der Waals surface area contributed by atoms with Crippen LogP contribution in [0.3, 0.4) is 0 Å². The van der Waals surface area contributed by atoms with Gasteiger partial charge in [0, 0.05) is 19.0 Å². The topological polar surface area (TPSA) is 79.6 Å². The van der Waals surface area contributed by atoms with Crippen molar-refractivity contribution in [2.45, 2.75) is 36.6 Å². The Morgan fingerprint density at radius 2 is 1.89 bits per heavy atom. The fourth-order valence-corrected chi connectivity index (χ4v) is 5.40. The van der Waals surface area contributed by atoms with Gasteiger partial charge in [0.1, 0.15) is 0 Å². The quantitative estimate of drug-likeness (QED) is 0.708. The molecule has 0 aromatic heterocycles. The van der Waals surface area contributed by atoms with Gasteiger partial charge in [0.2, 0.25) is 10.0 Å². The van der Waals surface area contributed by atoms with Crippen LogP contribution in [0.5, 0.6) is 11.5 Å². The number of nitriles is 1. The molecule has 0 saturated heterocycles. The molecule has 0 bridgehead atoms.